The summed E-state index contributed by atoms with van der Waals surface area (Å²) in [6, 6.07) is 2.90. The second-order valence-corrected chi connectivity index (χ2v) is 4.67. The first-order chi connectivity index (χ1) is 11.0. The first kappa shape index (κ1) is 16.8. The molecule has 0 spiro atoms. The maximum Gasteiger partial charge on any atom is 0.319 e. The van der Waals surface area contributed by atoms with E-state index in [2.05, 4.69) is 15.7 Å². The number of rotatable bonds is 6. The van der Waals surface area contributed by atoms with Crippen LogP contribution in [-0.4, -0.2) is 28.8 Å². The number of anilines is 1. The minimum atomic E-state index is -2.55. The third kappa shape index (κ3) is 4.97. The molecular weight excluding hydrogens is 316 g/mol. The SMILES string of the molecule is O=C(NCCc1c(F)cccc1F)Nc1cnn(CC(F)F)c1. The van der Waals surface area contributed by atoms with Crippen molar-refractivity contribution in [3.63, 3.8) is 0 Å². The lowest BCUT2D eigenvalue weighted by Gasteiger charge is -2.07. The Bertz CT molecular complexity index is 654. The van der Waals surface area contributed by atoms with Gasteiger partial charge in [-0.05, 0) is 18.6 Å². The van der Waals surface area contributed by atoms with E-state index >= 15 is 0 Å². The van der Waals surface area contributed by atoms with E-state index < -0.39 is 30.6 Å². The number of carbonyl (C=O) groups is 1. The number of hydrogen-bond donors (Lipinski definition) is 2. The lowest BCUT2D eigenvalue weighted by Crippen LogP contribution is -2.30. The molecule has 0 bridgehead atoms. The summed E-state index contributed by atoms with van der Waals surface area (Å²) < 4.78 is 52.1. The van der Waals surface area contributed by atoms with Crippen molar-refractivity contribution >= 4 is 11.7 Å². The minimum Gasteiger partial charge on any atom is -0.338 e. The lowest BCUT2D eigenvalue weighted by atomic mass is 10.1. The maximum absolute atomic E-state index is 13.4. The second kappa shape index (κ2) is 7.61. The zero-order valence-corrected chi connectivity index (χ0v) is 11.9. The molecule has 2 N–H and O–H groups in total. The molecule has 2 aromatic rings. The Labute approximate surface area is 129 Å². The van der Waals surface area contributed by atoms with E-state index in [0.29, 0.717) is 0 Å². The van der Waals surface area contributed by atoms with Gasteiger partial charge in [-0.2, -0.15) is 5.10 Å². The zero-order valence-electron chi connectivity index (χ0n) is 11.9. The van der Waals surface area contributed by atoms with Crippen LogP contribution in [0, 0.1) is 11.6 Å². The number of amides is 2. The smallest absolute Gasteiger partial charge is 0.319 e. The molecular formula is C14H14F4N4O. The predicted octanol–water partition coefficient (Wildman–Crippen LogP) is 2.79. The molecule has 1 aromatic heterocycles. The second-order valence-electron chi connectivity index (χ2n) is 4.67. The summed E-state index contributed by atoms with van der Waals surface area (Å²) in [6.45, 7) is -0.565. The van der Waals surface area contributed by atoms with Crippen LogP contribution in [0.1, 0.15) is 5.56 Å². The van der Waals surface area contributed by atoms with Crippen LogP contribution in [0.15, 0.2) is 30.6 Å². The fourth-order valence-electron chi connectivity index (χ4n) is 1.92. The van der Waals surface area contributed by atoms with E-state index in [9.17, 15) is 22.4 Å². The van der Waals surface area contributed by atoms with Crippen molar-refractivity contribution in [1.29, 1.82) is 0 Å². The molecule has 5 nitrogen and oxygen atoms in total. The van der Waals surface area contributed by atoms with Gasteiger partial charge in [-0.3, -0.25) is 4.68 Å². The molecule has 9 heteroatoms. The van der Waals surface area contributed by atoms with Crippen LogP contribution in [0.2, 0.25) is 0 Å². The Morgan fingerprint density at radius 3 is 2.61 bits per heavy atom. The molecule has 0 fully saturated rings. The summed E-state index contributed by atoms with van der Waals surface area (Å²) in [5.41, 5.74) is 0.123. The average molecular weight is 330 g/mol. The topological polar surface area (TPSA) is 59.0 Å². The van der Waals surface area contributed by atoms with Crippen LogP contribution in [-0.2, 0) is 13.0 Å². The number of alkyl halides is 2. The molecule has 124 valence electrons. The molecule has 1 aromatic carbocycles. The summed E-state index contributed by atoms with van der Waals surface area (Å²) >= 11 is 0. The van der Waals surface area contributed by atoms with Crippen LogP contribution in [0.25, 0.3) is 0 Å². The number of hydrogen-bond acceptors (Lipinski definition) is 2. The molecule has 2 amide bonds. The molecule has 1 heterocycles. The van der Waals surface area contributed by atoms with Gasteiger partial charge in [-0.25, -0.2) is 22.4 Å². The molecule has 0 saturated carbocycles. The minimum absolute atomic E-state index is 0.00879. The van der Waals surface area contributed by atoms with E-state index in [0.717, 1.165) is 16.8 Å². The van der Waals surface area contributed by atoms with Gasteiger partial charge < -0.3 is 10.6 Å². The van der Waals surface area contributed by atoms with Gasteiger partial charge >= 0.3 is 6.03 Å². The van der Waals surface area contributed by atoms with Crippen LogP contribution in [0.5, 0.6) is 0 Å². The van der Waals surface area contributed by atoms with Gasteiger partial charge in [0.05, 0.1) is 11.9 Å². The molecule has 0 saturated heterocycles. The first-order valence-corrected chi connectivity index (χ1v) is 6.74. The zero-order chi connectivity index (χ0) is 16.8. The number of nitrogens with one attached hydrogen (secondary N) is 2. The van der Waals surface area contributed by atoms with Crippen molar-refractivity contribution in [2.75, 3.05) is 11.9 Å². The fourth-order valence-corrected chi connectivity index (χ4v) is 1.92. The van der Waals surface area contributed by atoms with Crippen LogP contribution >= 0.6 is 0 Å². The van der Waals surface area contributed by atoms with Crippen LogP contribution in [0.3, 0.4) is 0 Å². The van der Waals surface area contributed by atoms with Crippen molar-refractivity contribution in [2.45, 2.75) is 19.4 Å². The Hall–Kier alpha value is -2.58. The summed E-state index contributed by atoms with van der Waals surface area (Å²) in [7, 11) is 0. The molecule has 0 aliphatic rings. The normalized spacial score (nSPS) is 10.8. The number of aromatic nitrogens is 2. The highest BCUT2D eigenvalue weighted by Gasteiger charge is 2.10. The molecule has 23 heavy (non-hydrogen) atoms. The summed E-state index contributed by atoms with van der Waals surface area (Å²) in [4.78, 5) is 11.6. The highest BCUT2D eigenvalue weighted by Crippen LogP contribution is 2.12. The Morgan fingerprint density at radius 1 is 1.26 bits per heavy atom. The highest BCUT2D eigenvalue weighted by atomic mass is 19.3. The third-order valence-corrected chi connectivity index (χ3v) is 2.94. The van der Waals surface area contributed by atoms with Gasteiger partial charge in [0.1, 0.15) is 18.2 Å². The first-order valence-electron chi connectivity index (χ1n) is 6.74. The van der Waals surface area contributed by atoms with E-state index in [1.54, 1.807) is 0 Å². The summed E-state index contributed by atoms with van der Waals surface area (Å²) in [6.07, 6.45) is -0.0932. The van der Waals surface area contributed by atoms with E-state index in [4.69, 9.17) is 0 Å². The number of carbonyl (C=O) groups excluding carboxylic acids is 1. The van der Waals surface area contributed by atoms with Gasteiger partial charge in [0, 0.05) is 18.3 Å². The largest absolute Gasteiger partial charge is 0.338 e. The summed E-state index contributed by atoms with van der Waals surface area (Å²) in [5.74, 6) is -1.36. The third-order valence-electron chi connectivity index (χ3n) is 2.94. The van der Waals surface area contributed by atoms with Crippen molar-refractivity contribution in [3.05, 3.63) is 47.8 Å². The van der Waals surface area contributed by atoms with Crippen molar-refractivity contribution in [2.24, 2.45) is 0 Å². The quantitative estimate of drug-likeness (QED) is 0.800. The number of benzene rings is 1. The molecule has 0 radical (unpaired) electrons. The van der Waals surface area contributed by atoms with Gasteiger partial charge in [0.2, 0.25) is 0 Å². The molecule has 0 aliphatic carbocycles. The van der Waals surface area contributed by atoms with Gasteiger partial charge in [-0.1, -0.05) is 6.07 Å². The standard InChI is InChI=1S/C14H14F4N4O/c15-11-2-1-3-12(16)10(11)4-5-19-14(23)21-9-6-20-22(7-9)8-13(17)18/h1-3,6-7,13H,4-5,8H2,(H2,19,21,23). The van der Waals surface area contributed by atoms with Gasteiger partial charge in [0.25, 0.3) is 6.43 Å². The molecule has 0 unspecified atom stereocenters. The highest BCUT2D eigenvalue weighted by molar-refractivity contribution is 5.88. The maximum atomic E-state index is 13.4. The average Bonchev–Trinajstić information content (AvgIpc) is 2.88. The Kier molecular flexibility index (Phi) is 5.56. The number of urea groups is 1. The Morgan fingerprint density at radius 2 is 1.96 bits per heavy atom. The van der Waals surface area contributed by atoms with E-state index in [-0.39, 0.29) is 24.2 Å². The fraction of sp³-hybridized carbons (Fsp3) is 0.286. The number of halogens is 4. The molecule has 0 aliphatic heterocycles. The van der Waals surface area contributed by atoms with E-state index in [1.807, 2.05) is 0 Å². The predicted molar refractivity (Wildman–Crippen MR) is 75.3 cm³/mol. The summed E-state index contributed by atoms with van der Waals surface area (Å²) in [5, 5.41) is 8.46. The molecule has 0 atom stereocenters. The van der Waals surface area contributed by atoms with Crippen molar-refractivity contribution in [1.82, 2.24) is 15.1 Å². The van der Waals surface area contributed by atoms with Gasteiger partial charge in [-0.15, -0.1) is 0 Å². The number of nitrogens with zero attached hydrogens (tertiary/aromatic N) is 2. The monoisotopic (exact) mass is 330 g/mol. The van der Waals surface area contributed by atoms with Crippen LogP contribution < -0.4 is 10.6 Å². The Balaban J connectivity index is 1.80. The lowest BCUT2D eigenvalue weighted by molar-refractivity contribution is 0.122. The van der Waals surface area contributed by atoms with Crippen LogP contribution in [0.4, 0.5) is 28.0 Å². The van der Waals surface area contributed by atoms with E-state index in [1.165, 1.54) is 18.5 Å². The van der Waals surface area contributed by atoms with Crippen molar-refractivity contribution < 1.29 is 22.4 Å². The van der Waals surface area contributed by atoms with Gasteiger partial charge in [0.15, 0.2) is 0 Å². The molecule has 2 rings (SSSR count). The van der Waals surface area contributed by atoms with Crippen molar-refractivity contribution in [3.8, 4) is 0 Å².